The normalized spacial score (nSPS) is 15.2. The number of rotatable bonds is 9. The van der Waals surface area contributed by atoms with E-state index in [1.54, 1.807) is 0 Å². The number of guanidine groups is 1. The third-order valence-corrected chi connectivity index (χ3v) is 4.12. The van der Waals surface area contributed by atoms with Gasteiger partial charge in [-0.3, -0.25) is 0 Å². The first-order valence-electron chi connectivity index (χ1n) is 6.54. The molecule has 0 aromatic rings. The van der Waals surface area contributed by atoms with Crippen molar-refractivity contribution in [1.82, 2.24) is 9.80 Å². The molecule has 0 amide bonds. The third-order valence-electron chi connectivity index (χ3n) is 3.00. The number of nitrogens with zero attached hydrogens (tertiary/aromatic N) is 4. The zero-order chi connectivity index (χ0) is 14.1. The summed E-state index contributed by atoms with van der Waals surface area (Å²) in [5.74, 6) is 0.536. The molecule has 8 heteroatoms. The minimum atomic E-state index is -0.588. The highest BCUT2D eigenvalue weighted by molar-refractivity contribution is 9.09. The van der Waals surface area contributed by atoms with E-state index in [0.717, 1.165) is 62.5 Å². The van der Waals surface area contributed by atoms with Crippen LogP contribution < -0.4 is 0 Å². The Hall–Kier alpha value is -0.370. The van der Waals surface area contributed by atoms with Gasteiger partial charge in [-0.25, -0.2) is 10.1 Å². The molecule has 0 bridgehead atoms. The van der Waals surface area contributed by atoms with Gasteiger partial charge in [-0.2, -0.15) is 0 Å². The first-order valence-corrected chi connectivity index (χ1v) is 8.78. The first kappa shape index (κ1) is 16.7. The highest BCUT2D eigenvalue weighted by Gasteiger charge is 2.28. The van der Waals surface area contributed by atoms with Gasteiger partial charge in [0.15, 0.2) is 5.03 Å². The van der Waals surface area contributed by atoms with Crippen molar-refractivity contribution in [3.63, 3.8) is 0 Å². The van der Waals surface area contributed by atoms with Gasteiger partial charge >= 0.3 is 0 Å². The molecule has 1 saturated heterocycles. The molecule has 0 aromatic carbocycles. The van der Waals surface area contributed by atoms with E-state index in [9.17, 15) is 10.1 Å². The second-order valence-electron chi connectivity index (χ2n) is 4.40. The standard InChI is InChI=1S/C11H20Br2N4O2/c12-5-1-3-7-15-9-10-16(8-4-2-6-13)11(15)14-17(18)19/h1-10H2. The van der Waals surface area contributed by atoms with Gasteiger partial charge in [0.05, 0.1) is 0 Å². The van der Waals surface area contributed by atoms with Crippen molar-refractivity contribution >= 4 is 37.8 Å². The topological polar surface area (TPSA) is 62.0 Å². The summed E-state index contributed by atoms with van der Waals surface area (Å²) in [6, 6.07) is 0. The summed E-state index contributed by atoms with van der Waals surface area (Å²) < 4.78 is 0. The van der Waals surface area contributed by atoms with Crippen LogP contribution in [-0.2, 0) is 0 Å². The van der Waals surface area contributed by atoms with Crippen molar-refractivity contribution < 1.29 is 5.03 Å². The van der Waals surface area contributed by atoms with Crippen LogP contribution in [-0.4, -0.2) is 57.6 Å². The Morgan fingerprint density at radius 2 is 1.53 bits per heavy atom. The molecule has 110 valence electrons. The zero-order valence-corrected chi connectivity index (χ0v) is 14.1. The summed E-state index contributed by atoms with van der Waals surface area (Å²) in [6.07, 6.45) is 4.20. The molecule has 0 radical (unpaired) electrons. The van der Waals surface area contributed by atoms with Crippen molar-refractivity contribution in [1.29, 1.82) is 0 Å². The summed E-state index contributed by atoms with van der Waals surface area (Å²) >= 11 is 6.79. The Labute approximate surface area is 130 Å². The maximum Gasteiger partial charge on any atom is 0.274 e. The lowest BCUT2D eigenvalue weighted by Crippen LogP contribution is -2.35. The van der Waals surface area contributed by atoms with Gasteiger partial charge in [0, 0.05) is 36.8 Å². The predicted octanol–water partition coefficient (Wildman–Crippen LogP) is 2.50. The SMILES string of the molecule is O=[N+]([O-])N=C1N(CCCCBr)CCN1CCCCBr. The quantitative estimate of drug-likeness (QED) is 0.258. The van der Waals surface area contributed by atoms with Gasteiger partial charge < -0.3 is 9.80 Å². The molecule has 0 spiro atoms. The predicted molar refractivity (Wildman–Crippen MR) is 83.6 cm³/mol. The van der Waals surface area contributed by atoms with E-state index in [2.05, 4.69) is 37.0 Å². The molecule has 0 N–H and O–H groups in total. The Bertz CT molecular complexity index is 295. The molecule has 0 aliphatic carbocycles. The lowest BCUT2D eigenvalue weighted by atomic mass is 10.3. The van der Waals surface area contributed by atoms with E-state index >= 15 is 0 Å². The number of hydrogen-bond acceptors (Lipinski definition) is 2. The average Bonchev–Trinajstić information content (AvgIpc) is 2.73. The Balaban J connectivity index is 2.55. The molecular weight excluding hydrogens is 380 g/mol. The van der Waals surface area contributed by atoms with Crippen molar-refractivity contribution in [3.05, 3.63) is 10.1 Å². The summed E-state index contributed by atoms with van der Waals surface area (Å²) in [5, 5.41) is 15.6. The maximum absolute atomic E-state index is 10.7. The molecular formula is C11H20Br2N4O2. The third kappa shape index (κ3) is 6.07. The maximum atomic E-state index is 10.7. The number of alkyl halides is 2. The number of unbranched alkanes of at least 4 members (excludes halogenated alkanes) is 2. The van der Waals surface area contributed by atoms with Gasteiger partial charge in [-0.1, -0.05) is 31.9 Å². The molecule has 0 unspecified atom stereocenters. The van der Waals surface area contributed by atoms with E-state index in [4.69, 9.17) is 0 Å². The van der Waals surface area contributed by atoms with E-state index in [1.165, 1.54) is 0 Å². The van der Waals surface area contributed by atoms with Crippen LogP contribution in [0.3, 0.4) is 0 Å². The van der Waals surface area contributed by atoms with E-state index in [1.807, 2.05) is 9.80 Å². The molecule has 1 fully saturated rings. The van der Waals surface area contributed by atoms with Crippen LogP contribution in [0.1, 0.15) is 25.7 Å². The molecule has 1 aliphatic heterocycles. The number of halogens is 2. The van der Waals surface area contributed by atoms with Crippen molar-refractivity contribution in [2.75, 3.05) is 36.8 Å². The van der Waals surface area contributed by atoms with Crippen LogP contribution in [0.25, 0.3) is 0 Å². The van der Waals surface area contributed by atoms with E-state index < -0.39 is 5.03 Å². The lowest BCUT2D eigenvalue weighted by molar-refractivity contribution is -0.486. The molecule has 0 aromatic heterocycles. The van der Waals surface area contributed by atoms with Crippen LogP contribution >= 0.6 is 31.9 Å². The highest BCUT2D eigenvalue weighted by atomic mass is 79.9. The molecule has 1 aliphatic rings. The van der Waals surface area contributed by atoms with Crippen LogP contribution in [0.4, 0.5) is 0 Å². The van der Waals surface area contributed by atoms with Crippen molar-refractivity contribution in [3.8, 4) is 0 Å². The minimum Gasteiger partial charge on any atom is -0.336 e. The van der Waals surface area contributed by atoms with E-state index in [0.29, 0.717) is 5.96 Å². The van der Waals surface area contributed by atoms with Crippen LogP contribution in [0.5, 0.6) is 0 Å². The van der Waals surface area contributed by atoms with Gasteiger partial charge in [0.1, 0.15) is 5.10 Å². The fourth-order valence-electron chi connectivity index (χ4n) is 2.06. The Morgan fingerprint density at radius 1 is 1.05 bits per heavy atom. The summed E-state index contributed by atoms with van der Waals surface area (Å²) in [4.78, 5) is 14.7. The monoisotopic (exact) mass is 398 g/mol. The summed E-state index contributed by atoms with van der Waals surface area (Å²) in [7, 11) is 0. The molecule has 0 atom stereocenters. The second-order valence-corrected chi connectivity index (χ2v) is 5.99. The Morgan fingerprint density at radius 3 is 1.89 bits per heavy atom. The molecule has 1 rings (SSSR count). The van der Waals surface area contributed by atoms with Crippen LogP contribution in [0.2, 0.25) is 0 Å². The largest absolute Gasteiger partial charge is 0.336 e. The lowest BCUT2D eigenvalue weighted by Gasteiger charge is -2.20. The second kappa shape index (κ2) is 9.52. The number of hydrazone groups is 1. The van der Waals surface area contributed by atoms with Crippen molar-refractivity contribution in [2.24, 2.45) is 5.10 Å². The van der Waals surface area contributed by atoms with Gasteiger partial charge in [0.25, 0.3) is 5.96 Å². The Kier molecular flexibility index (Phi) is 8.36. The summed E-state index contributed by atoms with van der Waals surface area (Å²) in [5.41, 5.74) is 0. The molecule has 0 saturated carbocycles. The zero-order valence-electron chi connectivity index (χ0n) is 10.9. The fraction of sp³-hybridized carbons (Fsp3) is 0.909. The van der Waals surface area contributed by atoms with Gasteiger partial charge in [-0.15, -0.1) is 0 Å². The summed E-state index contributed by atoms with van der Waals surface area (Å²) in [6.45, 7) is 3.35. The molecule has 6 nitrogen and oxygen atoms in total. The van der Waals surface area contributed by atoms with Gasteiger partial charge in [0.2, 0.25) is 0 Å². The minimum absolute atomic E-state index is 0.536. The average molecular weight is 400 g/mol. The molecule has 19 heavy (non-hydrogen) atoms. The first-order chi connectivity index (χ1) is 9.19. The van der Waals surface area contributed by atoms with Crippen LogP contribution in [0.15, 0.2) is 5.10 Å². The number of nitro groups is 1. The number of hydrogen-bond donors (Lipinski definition) is 0. The van der Waals surface area contributed by atoms with E-state index in [-0.39, 0.29) is 0 Å². The van der Waals surface area contributed by atoms with Gasteiger partial charge in [-0.05, 0) is 25.7 Å². The molecule has 1 heterocycles. The smallest absolute Gasteiger partial charge is 0.274 e. The fourth-order valence-corrected chi connectivity index (χ4v) is 2.85. The highest BCUT2D eigenvalue weighted by Crippen LogP contribution is 2.12. The van der Waals surface area contributed by atoms with Crippen LogP contribution in [0, 0.1) is 10.1 Å². The van der Waals surface area contributed by atoms with Crippen molar-refractivity contribution in [2.45, 2.75) is 25.7 Å².